The molecule has 0 N–H and O–H groups in total. The Bertz CT molecular complexity index is 554. The lowest BCUT2D eigenvalue weighted by molar-refractivity contribution is -0.144. The van der Waals surface area contributed by atoms with E-state index in [0.29, 0.717) is 23.7 Å². The van der Waals surface area contributed by atoms with E-state index >= 15 is 0 Å². The quantitative estimate of drug-likeness (QED) is 0.316. The fourth-order valence-corrected chi connectivity index (χ4v) is 2.66. The van der Waals surface area contributed by atoms with Crippen molar-refractivity contribution in [3.05, 3.63) is 35.6 Å². The predicted octanol–water partition coefficient (Wildman–Crippen LogP) is 2.74. The summed E-state index contributed by atoms with van der Waals surface area (Å²) in [6.07, 6.45) is 0.691. The van der Waals surface area contributed by atoms with Gasteiger partial charge < -0.3 is 18.9 Å². The molecular weight excluding hydrogens is 312 g/mol. The number of esters is 1. The Labute approximate surface area is 141 Å². The smallest absolute Gasteiger partial charge is 0.377 e. The summed E-state index contributed by atoms with van der Waals surface area (Å²) < 4.78 is 21.3. The van der Waals surface area contributed by atoms with Crippen molar-refractivity contribution in [3.63, 3.8) is 0 Å². The lowest BCUT2D eigenvalue weighted by Crippen LogP contribution is -2.23. The minimum atomic E-state index is -0.601. The van der Waals surface area contributed by atoms with E-state index in [1.807, 2.05) is 26.0 Å². The van der Waals surface area contributed by atoms with Gasteiger partial charge in [-0.05, 0) is 24.5 Å². The molecule has 5 nitrogen and oxygen atoms in total. The topological polar surface area (TPSA) is 54.0 Å². The molecule has 0 aromatic heterocycles. The Hall–Kier alpha value is -1.95. The second-order valence-corrected chi connectivity index (χ2v) is 5.93. The van der Waals surface area contributed by atoms with Crippen LogP contribution in [-0.2, 0) is 19.0 Å². The average Bonchev–Trinajstić information content (AvgIpc) is 2.51. The summed E-state index contributed by atoms with van der Waals surface area (Å²) in [7, 11) is 7.81. The van der Waals surface area contributed by atoms with Gasteiger partial charge in [-0.25, -0.2) is 4.79 Å². The van der Waals surface area contributed by atoms with Crippen LogP contribution < -0.4 is 4.74 Å². The highest BCUT2D eigenvalue weighted by molar-refractivity contribution is 6.12. The van der Waals surface area contributed by atoms with E-state index in [1.165, 1.54) is 14.2 Å². The van der Waals surface area contributed by atoms with Gasteiger partial charge in [0, 0.05) is 0 Å². The van der Waals surface area contributed by atoms with Crippen molar-refractivity contribution in [2.75, 3.05) is 21.3 Å². The molecule has 1 aromatic rings. The molecule has 1 rings (SSSR count). The molecule has 1 aromatic carbocycles. The van der Waals surface area contributed by atoms with Crippen LogP contribution in [0.2, 0.25) is 0 Å². The summed E-state index contributed by atoms with van der Waals surface area (Å²) in [5.41, 5.74) is 0.212. The van der Waals surface area contributed by atoms with Gasteiger partial charge in [0.15, 0.2) is 5.76 Å². The van der Waals surface area contributed by atoms with Crippen molar-refractivity contribution < 1.29 is 23.7 Å². The number of hydrogen-bond donors (Lipinski definition) is 0. The SMILES string of the molecule is COC(C(=O)OC([Si])CC(C)C)=C(OC)c1ccccc1OC. The Kier molecular flexibility index (Phi) is 7.68. The molecule has 0 spiro atoms. The van der Waals surface area contributed by atoms with Crippen molar-refractivity contribution >= 4 is 22.0 Å². The third-order valence-electron chi connectivity index (χ3n) is 3.09. The summed E-state index contributed by atoms with van der Waals surface area (Å²) >= 11 is 0. The fraction of sp³-hybridized carbons (Fsp3) is 0.471. The highest BCUT2D eigenvalue weighted by Crippen LogP contribution is 2.29. The first-order valence-electron chi connectivity index (χ1n) is 7.32. The van der Waals surface area contributed by atoms with Crippen LogP contribution in [0.5, 0.6) is 5.75 Å². The van der Waals surface area contributed by atoms with Crippen LogP contribution in [0.4, 0.5) is 0 Å². The van der Waals surface area contributed by atoms with E-state index in [1.54, 1.807) is 19.2 Å². The number of carbonyl (C=O) groups excluding carboxylic acids is 1. The molecular formula is C17H23O5Si. The molecule has 125 valence electrons. The lowest BCUT2D eigenvalue weighted by atomic mass is 10.1. The molecule has 0 bridgehead atoms. The summed E-state index contributed by atoms with van der Waals surface area (Å²) in [4.78, 5) is 12.4. The van der Waals surface area contributed by atoms with Crippen LogP contribution in [0.25, 0.3) is 5.76 Å². The summed E-state index contributed by atoms with van der Waals surface area (Å²) in [6.45, 7) is 4.09. The lowest BCUT2D eigenvalue weighted by Gasteiger charge is -2.18. The molecule has 0 amide bonds. The third-order valence-corrected chi connectivity index (χ3v) is 3.44. The highest BCUT2D eigenvalue weighted by atomic mass is 28.1. The van der Waals surface area contributed by atoms with E-state index in [2.05, 4.69) is 10.2 Å². The molecule has 0 fully saturated rings. The minimum absolute atomic E-state index is 0.0102. The van der Waals surface area contributed by atoms with Gasteiger partial charge in [0.25, 0.3) is 0 Å². The first-order valence-corrected chi connectivity index (χ1v) is 7.90. The molecule has 3 radical (unpaired) electrons. The molecule has 1 unspecified atom stereocenters. The first-order chi connectivity index (χ1) is 10.9. The Morgan fingerprint density at radius 3 is 2.30 bits per heavy atom. The van der Waals surface area contributed by atoms with Gasteiger partial charge in [-0.1, -0.05) is 26.0 Å². The van der Waals surface area contributed by atoms with Crippen LogP contribution in [0, 0.1) is 5.92 Å². The van der Waals surface area contributed by atoms with Crippen molar-refractivity contribution in [1.82, 2.24) is 0 Å². The molecule has 23 heavy (non-hydrogen) atoms. The van der Waals surface area contributed by atoms with Crippen LogP contribution in [-0.4, -0.2) is 43.3 Å². The molecule has 0 heterocycles. The monoisotopic (exact) mass is 335 g/mol. The standard InChI is InChI=1S/C17H23O5Si/c1-11(2)10-14(23)22-17(18)16(21-5)15(20-4)12-8-6-7-9-13(12)19-3/h6-9,11,14H,10H2,1-5H3. The maximum Gasteiger partial charge on any atom is 0.377 e. The van der Waals surface area contributed by atoms with E-state index in [9.17, 15) is 4.79 Å². The van der Waals surface area contributed by atoms with Crippen molar-refractivity contribution in [2.45, 2.75) is 26.0 Å². The van der Waals surface area contributed by atoms with Gasteiger partial charge in [0.1, 0.15) is 5.75 Å². The number of carbonyl (C=O) groups is 1. The van der Waals surface area contributed by atoms with Gasteiger partial charge in [-0.15, -0.1) is 0 Å². The second kappa shape index (κ2) is 9.25. The van der Waals surface area contributed by atoms with Gasteiger partial charge in [0.2, 0.25) is 5.76 Å². The predicted molar refractivity (Wildman–Crippen MR) is 89.0 cm³/mol. The molecule has 0 aliphatic carbocycles. The molecule has 0 saturated heterocycles. The molecule has 0 aliphatic heterocycles. The fourth-order valence-electron chi connectivity index (χ4n) is 2.08. The summed E-state index contributed by atoms with van der Waals surface area (Å²) in [5.74, 6) is 0.610. The first kappa shape index (κ1) is 19.1. The largest absolute Gasteiger partial charge is 0.496 e. The summed E-state index contributed by atoms with van der Waals surface area (Å²) in [5, 5.41) is 0. The molecule has 0 saturated carbocycles. The van der Waals surface area contributed by atoms with Gasteiger partial charge in [0.05, 0.1) is 42.9 Å². The minimum Gasteiger partial charge on any atom is -0.496 e. The maximum atomic E-state index is 12.4. The molecule has 1 atom stereocenters. The summed E-state index contributed by atoms with van der Waals surface area (Å²) in [6, 6.07) is 7.21. The average molecular weight is 335 g/mol. The molecule has 0 aliphatic rings. The zero-order valence-electron chi connectivity index (χ0n) is 14.2. The van der Waals surface area contributed by atoms with Crippen LogP contribution >= 0.6 is 0 Å². The Morgan fingerprint density at radius 2 is 1.78 bits per heavy atom. The van der Waals surface area contributed by atoms with Crippen LogP contribution in [0.1, 0.15) is 25.8 Å². The van der Waals surface area contributed by atoms with Gasteiger partial charge >= 0.3 is 5.97 Å². The zero-order valence-corrected chi connectivity index (χ0v) is 15.2. The van der Waals surface area contributed by atoms with Gasteiger partial charge in [-0.3, -0.25) is 0 Å². The Balaban J connectivity index is 3.15. The van der Waals surface area contributed by atoms with E-state index in [4.69, 9.17) is 18.9 Å². The number of methoxy groups -OCH3 is 3. The van der Waals surface area contributed by atoms with Gasteiger partial charge in [-0.2, -0.15) is 0 Å². The van der Waals surface area contributed by atoms with Crippen molar-refractivity contribution in [3.8, 4) is 5.75 Å². The molecule has 6 heteroatoms. The number of rotatable bonds is 8. The maximum absolute atomic E-state index is 12.4. The van der Waals surface area contributed by atoms with E-state index in [0.717, 1.165) is 0 Å². The van der Waals surface area contributed by atoms with Crippen molar-refractivity contribution in [1.29, 1.82) is 0 Å². The zero-order chi connectivity index (χ0) is 17.4. The van der Waals surface area contributed by atoms with Crippen LogP contribution in [0.15, 0.2) is 30.0 Å². The number of hydrogen-bond acceptors (Lipinski definition) is 5. The highest BCUT2D eigenvalue weighted by Gasteiger charge is 2.24. The second-order valence-electron chi connectivity index (χ2n) is 5.29. The number of benzene rings is 1. The third kappa shape index (κ3) is 5.32. The van der Waals surface area contributed by atoms with E-state index < -0.39 is 11.7 Å². The van der Waals surface area contributed by atoms with Crippen LogP contribution in [0.3, 0.4) is 0 Å². The van der Waals surface area contributed by atoms with E-state index in [-0.39, 0.29) is 11.5 Å². The van der Waals surface area contributed by atoms with Crippen molar-refractivity contribution in [2.24, 2.45) is 5.92 Å². The normalized spacial score (nSPS) is 13.2. The number of para-hydroxylation sites is 1. The number of ether oxygens (including phenoxy) is 4. The Morgan fingerprint density at radius 1 is 1.13 bits per heavy atom.